The highest BCUT2D eigenvalue weighted by molar-refractivity contribution is 5.93. The molecule has 3 N–H and O–H groups in total. The van der Waals surface area contributed by atoms with E-state index in [1.54, 1.807) is 30.3 Å². The lowest BCUT2D eigenvalue weighted by Crippen LogP contribution is -2.30. The Bertz CT molecular complexity index is 1340. The van der Waals surface area contributed by atoms with Gasteiger partial charge in [-0.15, -0.1) is 0 Å². The van der Waals surface area contributed by atoms with Crippen molar-refractivity contribution in [1.29, 1.82) is 0 Å². The molecule has 9 heteroatoms. The summed E-state index contributed by atoms with van der Waals surface area (Å²) in [5, 5.41) is 26.2. The predicted octanol–water partition coefficient (Wildman–Crippen LogP) is 4.24. The first-order valence-electron chi connectivity index (χ1n) is 10.7. The van der Waals surface area contributed by atoms with Crippen molar-refractivity contribution in [2.75, 3.05) is 0 Å². The molecule has 178 valence electrons. The number of para-hydroxylation sites is 1. The average molecular weight is 475 g/mol. The summed E-state index contributed by atoms with van der Waals surface area (Å²) in [6.07, 6.45) is -0.395. The minimum Gasteiger partial charge on any atom is -0.493 e. The molecule has 1 aromatic heterocycles. The van der Waals surface area contributed by atoms with E-state index in [4.69, 9.17) is 4.74 Å². The number of hydrogen-bond donors (Lipinski definition) is 3. The number of carbonyl (C=O) groups excluding carboxylic acids is 1. The Morgan fingerprint density at radius 3 is 2.49 bits per heavy atom. The van der Waals surface area contributed by atoms with Gasteiger partial charge in [0.15, 0.2) is 5.69 Å². The molecule has 4 aromatic rings. The van der Waals surface area contributed by atoms with E-state index < -0.39 is 36.0 Å². The highest BCUT2D eigenvalue weighted by Crippen LogP contribution is 2.25. The molecule has 0 spiro atoms. The van der Waals surface area contributed by atoms with Gasteiger partial charge in [0.05, 0.1) is 12.5 Å². The number of ether oxygens (including phenoxy) is 1. The summed E-state index contributed by atoms with van der Waals surface area (Å²) >= 11 is 0. The van der Waals surface area contributed by atoms with Crippen LogP contribution in [0.15, 0.2) is 84.9 Å². The van der Waals surface area contributed by atoms with Crippen LogP contribution in [0.1, 0.15) is 34.1 Å². The van der Waals surface area contributed by atoms with Gasteiger partial charge in [0.2, 0.25) is 5.88 Å². The first kappa shape index (κ1) is 23.5. The van der Waals surface area contributed by atoms with E-state index in [9.17, 15) is 24.2 Å². The van der Waals surface area contributed by atoms with Gasteiger partial charge in [0.25, 0.3) is 5.91 Å². The number of carboxylic acids is 1. The lowest BCUT2D eigenvalue weighted by molar-refractivity contribution is -0.137. The number of nitrogens with zero attached hydrogens (tertiary/aromatic N) is 2. The second-order valence-electron chi connectivity index (χ2n) is 7.72. The van der Waals surface area contributed by atoms with Crippen LogP contribution >= 0.6 is 0 Å². The van der Waals surface area contributed by atoms with Crippen LogP contribution in [-0.2, 0) is 11.4 Å². The zero-order chi connectivity index (χ0) is 24.8. The lowest BCUT2D eigenvalue weighted by Gasteiger charge is -2.18. The maximum Gasteiger partial charge on any atom is 0.305 e. The third-order valence-corrected chi connectivity index (χ3v) is 5.20. The molecule has 1 unspecified atom stereocenters. The Morgan fingerprint density at radius 2 is 1.74 bits per heavy atom. The van der Waals surface area contributed by atoms with Crippen LogP contribution in [0.2, 0.25) is 0 Å². The van der Waals surface area contributed by atoms with Crippen LogP contribution in [0.5, 0.6) is 11.6 Å². The van der Waals surface area contributed by atoms with Crippen molar-refractivity contribution in [2.24, 2.45) is 0 Å². The van der Waals surface area contributed by atoms with Crippen molar-refractivity contribution in [3.8, 4) is 17.3 Å². The van der Waals surface area contributed by atoms with Crippen molar-refractivity contribution in [3.63, 3.8) is 0 Å². The van der Waals surface area contributed by atoms with E-state index in [1.807, 2.05) is 30.3 Å². The number of aromatic nitrogens is 2. The van der Waals surface area contributed by atoms with E-state index in [0.29, 0.717) is 17.9 Å². The molecule has 8 nitrogen and oxygen atoms in total. The normalized spacial score (nSPS) is 11.6. The van der Waals surface area contributed by atoms with Crippen molar-refractivity contribution < 1.29 is 28.9 Å². The average Bonchev–Trinajstić information content (AvgIpc) is 3.24. The van der Waals surface area contributed by atoms with Gasteiger partial charge in [-0.2, -0.15) is 9.78 Å². The van der Waals surface area contributed by atoms with Gasteiger partial charge in [-0.25, -0.2) is 4.39 Å². The van der Waals surface area contributed by atoms with Gasteiger partial charge in [-0.1, -0.05) is 54.6 Å². The Hall–Kier alpha value is -4.66. The highest BCUT2D eigenvalue weighted by atomic mass is 19.1. The molecule has 0 aliphatic rings. The molecule has 0 saturated carbocycles. The maximum absolute atomic E-state index is 14.1. The third kappa shape index (κ3) is 5.83. The number of rotatable bonds is 9. The van der Waals surface area contributed by atoms with Crippen LogP contribution < -0.4 is 10.1 Å². The molecule has 35 heavy (non-hydrogen) atoms. The molecular formula is C26H22FN3O5. The van der Waals surface area contributed by atoms with E-state index in [1.165, 1.54) is 18.2 Å². The summed E-state index contributed by atoms with van der Waals surface area (Å²) in [6.45, 7) is 0.326. The monoisotopic (exact) mass is 475 g/mol. The fourth-order valence-corrected chi connectivity index (χ4v) is 3.50. The number of carbonyl (C=O) groups is 2. The molecule has 0 aliphatic heterocycles. The van der Waals surface area contributed by atoms with Gasteiger partial charge < -0.3 is 20.3 Å². The first-order valence-corrected chi connectivity index (χ1v) is 10.7. The second kappa shape index (κ2) is 10.5. The zero-order valence-electron chi connectivity index (χ0n) is 18.5. The van der Waals surface area contributed by atoms with Gasteiger partial charge in [-0.05, 0) is 35.4 Å². The molecule has 1 amide bonds. The molecule has 0 bridgehead atoms. The molecule has 1 atom stereocenters. The van der Waals surface area contributed by atoms with E-state index >= 15 is 0 Å². The molecule has 0 radical (unpaired) electrons. The summed E-state index contributed by atoms with van der Waals surface area (Å²) in [5.41, 5.74) is 1.26. The Labute approximate surface area is 200 Å². The fraction of sp³-hybridized carbons (Fsp3) is 0.115. The quantitative estimate of drug-likeness (QED) is 0.334. The molecule has 4 rings (SSSR count). The van der Waals surface area contributed by atoms with Crippen molar-refractivity contribution in [3.05, 3.63) is 108 Å². The number of halogens is 1. The minimum absolute atomic E-state index is 0.0330. The smallest absolute Gasteiger partial charge is 0.305 e. The second-order valence-corrected chi connectivity index (χ2v) is 7.72. The number of aliphatic carboxylic acids is 1. The van der Waals surface area contributed by atoms with Crippen LogP contribution in [0, 0.1) is 5.82 Å². The number of carboxylic acid groups (broad SMARTS) is 1. The number of aromatic hydroxyl groups is 1. The number of hydrogen-bond acceptors (Lipinski definition) is 5. The molecule has 1 heterocycles. The fourth-order valence-electron chi connectivity index (χ4n) is 3.50. The van der Waals surface area contributed by atoms with Crippen molar-refractivity contribution >= 4 is 11.9 Å². The summed E-state index contributed by atoms with van der Waals surface area (Å²) in [4.78, 5) is 24.4. The summed E-state index contributed by atoms with van der Waals surface area (Å²) in [5.74, 6) is -2.40. The Morgan fingerprint density at radius 1 is 1.00 bits per heavy atom. The molecule has 0 aliphatic carbocycles. The van der Waals surface area contributed by atoms with Crippen LogP contribution in [0.4, 0.5) is 4.39 Å². The van der Waals surface area contributed by atoms with Crippen LogP contribution in [0.25, 0.3) is 5.69 Å². The largest absolute Gasteiger partial charge is 0.493 e. The Kier molecular flexibility index (Phi) is 7.06. The van der Waals surface area contributed by atoms with Gasteiger partial charge in [-0.3, -0.25) is 9.59 Å². The number of benzene rings is 3. The topological polar surface area (TPSA) is 114 Å². The first-order chi connectivity index (χ1) is 16.9. The van der Waals surface area contributed by atoms with Crippen LogP contribution in [-0.4, -0.2) is 31.9 Å². The number of amides is 1. The summed E-state index contributed by atoms with van der Waals surface area (Å²) in [6, 6.07) is 22.2. The van der Waals surface area contributed by atoms with Crippen LogP contribution in [0.3, 0.4) is 0 Å². The number of nitrogens with one attached hydrogen (secondary N) is 1. The van der Waals surface area contributed by atoms with Crippen molar-refractivity contribution in [1.82, 2.24) is 15.1 Å². The Balaban J connectivity index is 1.53. The molecule has 0 fully saturated rings. The van der Waals surface area contributed by atoms with E-state index in [2.05, 4.69) is 10.4 Å². The third-order valence-electron chi connectivity index (χ3n) is 5.20. The minimum atomic E-state index is -1.12. The van der Waals surface area contributed by atoms with E-state index in [-0.39, 0.29) is 11.4 Å². The van der Waals surface area contributed by atoms with Gasteiger partial charge in [0.1, 0.15) is 23.9 Å². The lowest BCUT2D eigenvalue weighted by atomic mass is 10.0. The predicted molar refractivity (Wildman–Crippen MR) is 125 cm³/mol. The van der Waals surface area contributed by atoms with Gasteiger partial charge >= 0.3 is 5.97 Å². The van der Waals surface area contributed by atoms with E-state index in [0.717, 1.165) is 16.3 Å². The molecule has 0 saturated heterocycles. The summed E-state index contributed by atoms with van der Waals surface area (Å²) in [7, 11) is 0. The highest BCUT2D eigenvalue weighted by Gasteiger charge is 2.23. The van der Waals surface area contributed by atoms with Crippen molar-refractivity contribution in [2.45, 2.75) is 19.1 Å². The summed E-state index contributed by atoms with van der Waals surface area (Å²) < 4.78 is 20.8. The maximum atomic E-state index is 14.1. The molecular weight excluding hydrogens is 453 g/mol. The standard InChI is InChI=1S/C26H22FN3O5/c27-20-11-4-5-12-23(20)30-24(31)14-22(29-30)26(34)28-21(15-25(32)33)18-9-6-10-19(13-18)35-16-17-7-2-1-3-8-17/h1-14,21,31H,15-16H2,(H,28,34)(H,32,33). The zero-order valence-corrected chi connectivity index (χ0v) is 18.5. The van der Waals surface area contributed by atoms with Gasteiger partial charge in [0, 0.05) is 6.07 Å². The SMILES string of the molecule is O=C(O)CC(NC(=O)c1cc(O)n(-c2ccccc2F)n1)c1cccc(OCc2ccccc2)c1. The molecule has 3 aromatic carbocycles.